The lowest BCUT2D eigenvalue weighted by Gasteiger charge is -2.26. The fourth-order valence-corrected chi connectivity index (χ4v) is 2.50. The van der Waals surface area contributed by atoms with Gasteiger partial charge < -0.3 is 19.9 Å². The van der Waals surface area contributed by atoms with Gasteiger partial charge in [0.25, 0.3) is 0 Å². The average molecular weight is 307 g/mol. The smallest absolute Gasteiger partial charge is 0.326 e. The summed E-state index contributed by atoms with van der Waals surface area (Å²) in [4.78, 5) is 23.4. The van der Waals surface area contributed by atoms with E-state index in [1.807, 2.05) is 19.1 Å². The van der Waals surface area contributed by atoms with Crippen LogP contribution in [0.15, 0.2) is 18.2 Å². The van der Waals surface area contributed by atoms with Crippen molar-refractivity contribution in [2.45, 2.75) is 32.2 Å². The van der Waals surface area contributed by atoms with Gasteiger partial charge in [-0.2, -0.15) is 0 Å². The Kier molecular flexibility index (Phi) is 5.25. The number of carboxylic acid groups (broad SMARTS) is 1. The second kappa shape index (κ2) is 7.15. The Morgan fingerprint density at radius 1 is 1.50 bits per heavy atom. The molecule has 1 amide bonds. The molecule has 0 radical (unpaired) electrons. The Hall–Kier alpha value is -2.24. The van der Waals surface area contributed by atoms with E-state index < -0.39 is 17.9 Å². The molecule has 22 heavy (non-hydrogen) atoms. The maximum absolute atomic E-state index is 12.3. The number of benzene rings is 1. The van der Waals surface area contributed by atoms with E-state index in [9.17, 15) is 9.59 Å². The first-order valence-electron chi connectivity index (χ1n) is 7.38. The van der Waals surface area contributed by atoms with Gasteiger partial charge in [0.1, 0.15) is 24.1 Å². The summed E-state index contributed by atoms with van der Waals surface area (Å²) in [6, 6.07) is 4.62. The van der Waals surface area contributed by atoms with Gasteiger partial charge in [0.15, 0.2) is 0 Å². The third-order valence-corrected chi connectivity index (χ3v) is 3.74. The van der Waals surface area contributed by atoms with Gasteiger partial charge in [-0.15, -0.1) is 0 Å². The Bertz CT molecular complexity index is 557. The molecule has 0 fully saturated rings. The van der Waals surface area contributed by atoms with Gasteiger partial charge >= 0.3 is 5.97 Å². The first-order chi connectivity index (χ1) is 10.5. The van der Waals surface area contributed by atoms with Crippen LogP contribution < -0.4 is 14.8 Å². The van der Waals surface area contributed by atoms with Crippen molar-refractivity contribution in [3.05, 3.63) is 23.8 Å². The van der Waals surface area contributed by atoms with Crippen molar-refractivity contribution in [2.24, 2.45) is 5.92 Å². The second-order valence-electron chi connectivity index (χ2n) is 5.37. The second-order valence-corrected chi connectivity index (χ2v) is 5.37. The number of carbonyl (C=O) groups is 2. The molecule has 2 atom stereocenters. The first kappa shape index (κ1) is 16.1. The molecule has 2 unspecified atom stereocenters. The van der Waals surface area contributed by atoms with E-state index in [0.29, 0.717) is 25.0 Å². The van der Waals surface area contributed by atoms with Crippen molar-refractivity contribution in [1.82, 2.24) is 5.32 Å². The number of amides is 1. The lowest BCUT2D eigenvalue weighted by Crippen LogP contribution is -2.46. The maximum Gasteiger partial charge on any atom is 0.326 e. The predicted molar refractivity (Wildman–Crippen MR) is 80.2 cm³/mol. The molecule has 0 saturated carbocycles. The van der Waals surface area contributed by atoms with E-state index in [1.165, 1.54) is 0 Å². The highest BCUT2D eigenvalue weighted by Gasteiger charge is 2.29. The number of fused-ring (bicyclic) bond motifs is 1. The van der Waals surface area contributed by atoms with Crippen LogP contribution in [0.4, 0.5) is 0 Å². The highest BCUT2D eigenvalue weighted by Crippen LogP contribution is 2.30. The summed E-state index contributed by atoms with van der Waals surface area (Å²) in [5, 5.41) is 11.7. The third kappa shape index (κ3) is 3.69. The predicted octanol–water partition coefficient (Wildman–Crippen LogP) is 1.62. The van der Waals surface area contributed by atoms with Crippen molar-refractivity contribution < 1.29 is 24.2 Å². The molecule has 1 aliphatic heterocycles. The molecule has 2 N–H and O–H groups in total. The minimum Gasteiger partial charge on any atom is -0.497 e. The molecule has 0 bridgehead atoms. The Labute approximate surface area is 129 Å². The molecule has 2 rings (SSSR count). The minimum absolute atomic E-state index is 0.254. The topological polar surface area (TPSA) is 84.9 Å². The summed E-state index contributed by atoms with van der Waals surface area (Å²) in [5.74, 6) is -0.229. The zero-order valence-electron chi connectivity index (χ0n) is 12.8. The summed E-state index contributed by atoms with van der Waals surface area (Å²) in [7, 11) is 1.58. The molecule has 1 aromatic carbocycles. The Balaban J connectivity index is 2.04. The van der Waals surface area contributed by atoms with Gasteiger partial charge in [-0.3, -0.25) is 4.79 Å². The minimum atomic E-state index is -1.01. The first-order valence-corrected chi connectivity index (χ1v) is 7.38. The average Bonchev–Trinajstić information content (AvgIpc) is 2.53. The van der Waals surface area contributed by atoms with E-state index in [-0.39, 0.29) is 12.5 Å². The van der Waals surface area contributed by atoms with Crippen LogP contribution in [-0.4, -0.2) is 36.7 Å². The lowest BCUT2D eigenvalue weighted by atomic mass is 9.95. The van der Waals surface area contributed by atoms with Gasteiger partial charge in [0.05, 0.1) is 13.0 Å². The molecule has 0 spiro atoms. The standard InChI is InChI=1S/C16H21NO5/c1-3-4-13(16(19)20)17-15(18)11-7-10-8-12(21-2)5-6-14(10)22-9-11/h5-6,8,11,13H,3-4,7,9H2,1-2H3,(H,17,18)(H,19,20). The van der Waals surface area contributed by atoms with Gasteiger partial charge in [-0.1, -0.05) is 13.3 Å². The summed E-state index contributed by atoms with van der Waals surface area (Å²) in [6.45, 7) is 2.14. The van der Waals surface area contributed by atoms with Crippen molar-refractivity contribution in [1.29, 1.82) is 0 Å². The highest BCUT2D eigenvalue weighted by molar-refractivity contribution is 5.85. The zero-order chi connectivity index (χ0) is 16.1. The Morgan fingerprint density at radius 2 is 2.27 bits per heavy atom. The van der Waals surface area contributed by atoms with E-state index >= 15 is 0 Å². The molecular weight excluding hydrogens is 286 g/mol. The summed E-state index contributed by atoms with van der Waals surface area (Å²) < 4.78 is 10.8. The van der Waals surface area contributed by atoms with E-state index in [2.05, 4.69) is 5.32 Å². The number of hydrogen-bond donors (Lipinski definition) is 2. The third-order valence-electron chi connectivity index (χ3n) is 3.74. The zero-order valence-corrected chi connectivity index (χ0v) is 12.8. The molecule has 0 aliphatic carbocycles. The summed E-state index contributed by atoms with van der Waals surface area (Å²) in [5.41, 5.74) is 0.896. The van der Waals surface area contributed by atoms with E-state index in [0.717, 1.165) is 11.3 Å². The lowest BCUT2D eigenvalue weighted by molar-refractivity contribution is -0.143. The summed E-state index contributed by atoms with van der Waals surface area (Å²) >= 11 is 0. The van der Waals surface area contributed by atoms with Gasteiger partial charge in [0.2, 0.25) is 5.91 Å². The number of nitrogens with one attached hydrogen (secondary N) is 1. The Morgan fingerprint density at radius 3 is 2.91 bits per heavy atom. The van der Waals surface area contributed by atoms with Crippen molar-refractivity contribution in [2.75, 3.05) is 13.7 Å². The van der Waals surface area contributed by atoms with Crippen LogP contribution in [0.3, 0.4) is 0 Å². The van der Waals surface area contributed by atoms with Crippen LogP contribution in [0.25, 0.3) is 0 Å². The van der Waals surface area contributed by atoms with Crippen LogP contribution >= 0.6 is 0 Å². The maximum atomic E-state index is 12.3. The molecule has 1 aliphatic rings. The van der Waals surface area contributed by atoms with Crippen LogP contribution in [0.1, 0.15) is 25.3 Å². The van der Waals surface area contributed by atoms with Gasteiger partial charge in [0, 0.05) is 0 Å². The quantitative estimate of drug-likeness (QED) is 0.834. The monoisotopic (exact) mass is 307 g/mol. The van der Waals surface area contributed by atoms with E-state index in [1.54, 1.807) is 13.2 Å². The fraction of sp³-hybridized carbons (Fsp3) is 0.500. The molecule has 6 nitrogen and oxygen atoms in total. The molecule has 1 aromatic rings. The van der Waals surface area contributed by atoms with Crippen LogP contribution in [0, 0.1) is 5.92 Å². The number of aliphatic carboxylic acids is 1. The van der Waals surface area contributed by atoms with Crippen LogP contribution in [0.2, 0.25) is 0 Å². The van der Waals surface area contributed by atoms with Crippen molar-refractivity contribution >= 4 is 11.9 Å². The molecule has 0 saturated heterocycles. The van der Waals surface area contributed by atoms with Gasteiger partial charge in [-0.05, 0) is 36.6 Å². The number of methoxy groups -OCH3 is 1. The van der Waals surface area contributed by atoms with Crippen molar-refractivity contribution in [3.8, 4) is 11.5 Å². The fourth-order valence-electron chi connectivity index (χ4n) is 2.50. The summed E-state index contributed by atoms with van der Waals surface area (Å²) in [6.07, 6.45) is 1.62. The van der Waals surface area contributed by atoms with Crippen LogP contribution in [0.5, 0.6) is 11.5 Å². The number of carboxylic acids is 1. The molecule has 120 valence electrons. The van der Waals surface area contributed by atoms with E-state index in [4.69, 9.17) is 14.6 Å². The normalized spacial score (nSPS) is 17.8. The molecule has 1 heterocycles. The van der Waals surface area contributed by atoms with Crippen molar-refractivity contribution in [3.63, 3.8) is 0 Å². The number of rotatable bonds is 6. The molecule has 0 aromatic heterocycles. The van der Waals surface area contributed by atoms with Crippen LogP contribution in [-0.2, 0) is 16.0 Å². The largest absolute Gasteiger partial charge is 0.497 e. The molecular formula is C16H21NO5. The number of ether oxygens (including phenoxy) is 2. The van der Waals surface area contributed by atoms with Gasteiger partial charge in [-0.25, -0.2) is 4.79 Å². The number of carbonyl (C=O) groups excluding carboxylic acids is 1. The molecule has 6 heteroatoms. The SMILES string of the molecule is CCCC(NC(=O)C1COc2ccc(OC)cc2C1)C(=O)O. The number of hydrogen-bond acceptors (Lipinski definition) is 4. The highest BCUT2D eigenvalue weighted by atomic mass is 16.5.